The van der Waals surface area contributed by atoms with Crippen molar-refractivity contribution in [3.8, 4) is 0 Å². The first kappa shape index (κ1) is 16.0. The van der Waals surface area contributed by atoms with Crippen LogP contribution in [0.15, 0.2) is 0 Å². The topological polar surface area (TPSA) is 15.3 Å². The van der Waals surface area contributed by atoms with Crippen LogP contribution in [0.4, 0.5) is 0 Å². The monoisotopic (exact) mass is 254 g/mol. The van der Waals surface area contributed by atoms with Crippen LogP contribution in [0.3, 0.4) is 0 Å². The molecule has 0 aromatic heterocycles. The number of rotatable bonds is 6. The van der Waals surface area contributed by atoms with Gasteiger partial charge >= 0.3 is 0 Å². The van der Waals surface area contributed by atoms with Gasteiger partial charge in [-0.1, -0.05) is 41.5 Å². The Morgan fingerprint density at radius 2 is 1.72 bits per heavy atom. The number of nitrogens with one attached hydrogen (secondary N) is 1. The summed E-state index contributed by atoms with van der Waals surface area (Å²) in [7, 11) is 0. The summed E-state index contributed by atoms with van der Waals surface area (Å²) in [5, 5.41) is 3.77. The van der Waals surface area contributed by atoms with E-state index in [-0.39, 0.29) is 0 Å². The molecule has 0 amide bonds. The van der Waals surface area contributed by atoms with Crippen LogP contribution >= 0.6 is 0 Å². The lowest BCUT2D eigenvalue weighted by molar-refractivity contribution is 0.0474. The highest BCUT2D eigenvalue weighted by Crippen LogP contribution is 2.23. The maximum absolute atomic E-state index is 3.77. The molecule has 0 aliphatic carbocycles. The van der Waals surface area contributed by atoms with Gasteiger partial charge in [0.2, 0.25) is 0 Å². The van der Waals surface area contributed by atoms with Crippen molar-refractivity contribution in [2.24, 2.45) is 11.8 Å². The maximum Gasteiger partial charge on any atom is 0.0247 e. The van der Waals surface area contributed by atoms with Crippen LogP contribution < -0.4 is 5.32 Å². The Hall–Kier alpha value is -0.0800. The van der Waals surface area contributed by atoms with Crippen molar-refractivity contribution in [1.82, 2.24) is 10.2 Å². The van der Waals surface area contributed by atoms with Crippen molar-refractivity contribution in [2.45, 2.75) is 78.9 Å². The zero-order chi connectivity index (χ0) is 13.7. The van der Waals surface area contributed by atoms with Gasteiger partial charge in [0.05, 0.1) is 0 Å². The SMILES string of the molecule is CCC(CC)N1CC(CC(C)C)NCC1C(C)C. The summed E-state index contributed by atoms with van der Waals surface area (Å²) in [6, 6.07) is 2.19. The highest BCUT2D eigenvalue weighted by Gasteiger charge is 2.33. The molecule has 2 nitrogen and oxygen atoms in total. The van der Waals surface area contributed by atoms with Gasteiger partial charge < -0.3 is 5.32 Å². The Morgan fingerprint density at radius 3 is 2.17 bits per heavy atom. The molecule has 18 heavy (non-hydrogen) atoms. The van der Waals surface area contributed by atoms with Crippen LogP contribution in [0.25, 0.3) is 0 Å². The molecule has 1 heterocycles. The van der Waals surface area contributed by atoms with Gasteiger partial charge in [0.25, 0.3) is 0 Å². The standard InChI is InChI=1S/C16H34N2/c1-7-15(8-2)18-11-14(9-12(3)4)17-10-16(18)13(5)6/h12-17H,7-11H2,1-6H3. The van der Waals surface area contributed by atoms with Gasteiger partial charge in [0.1, 0.15) is 0 Å². The predicted molar refractivity (Wildman–Crippen MR) is 80.9 cm³/mol. The summed E-state index contributed by atoms with van der Waals surface area (Å²) >= 11 is 0. The highest BCUT2D eigenvalue weighted by atomic mass is 15.3. The fraction of sp³-hybridized carbons (Fsp3) is 1.00. The van der Waals surface area contributed by atoms with E-state index >= 15 is 0 Å². The van der Waals surface area contributed by atoms with Crippen molar-refractivity contribution in [3.05, 3.63) is 0 Å². The summed E-state index contributed by atoms with van der Waals surface area (Å²) in [5.41, 5.74) is 0. The summed E-state index contributed by atoms with van der Waals surface area (Å²) in [5.74, 6) is 1.54. The zero-order valence-corrected chi connectivity index (χ0v) is 13.4. The largest absolute Gasteiger partial charge is 0.311 e. The maximum atomic E-state index is 3.77. The molecule has 1 saturated heterocycles. The van der Waals surface area contributed by atoms with Gasteiger partial charge in [0, 0.05) is 31.2 Å². The molecular formula is C16H34N2. The molecule has 0 radical (unpaired) electrons. The lowest BCUT2D eigenvalue weighted by Crippen LogP contribution is -2.61. The van der Waals surface area contributed by atoms with E-state index in [0.29, 0.717) is 6.04 Å². The molecule has 2 heteroatoms. The van der Waals surface area contributed by atoms with E-state index in [1.54, 1.807) is 0 Å². The van der Waals surface area contributed by atoms with E-state index < -0.39 is 0 Å². The first-order valence-corrected chi connectivity index (χ1v) is 7.98. The molecule has 1 N–H and O–H groups in total. The van der Waals surface area contributed by atoms with Gasteiger partial charge in [-0.25, -0.2) is 0 Å². The molecule has 0 aromatic rings. The second-order valence-corrected chi connectivity index (χ2v) is 6.71. The zero-order valence-electron chi connectivity index (χ0n) is 13.4. The van der Waals surface area contributed by atoms with E-state index in [1.807, 2.05) is 0 Å². The van der Waals surface area contributed by atoms with Gasteiger partial charge in [-0.05, 0) is 31.1 Å². The second kappa shape index (κ2) is 7.49. The summed E-state index contributed by atoms with van der Waals surface area (Å²) in [6.45, 7) is 16.5. The Balaban J connectivity index is 2.69. The fourth-order valence-electron chi connectivity index (χ4n) is 3.38. The van der Waals surface area contributed by atoms with E-state index in [2.05, 4.69) is 51.8 Å². The van der Waals surface area contributed by atoms with E-state index in [9.17, 15) is 0 Å². The quantitative estimate of drug-likeness (QED) is 0.780. The molecule has 0 aromatic carbocycles. The van der Waals surface area contributed by atoms with Crippen LogP contribution in [0.1, 0.15) is 60.8 Å². The third kappa shape index (κ3) is 4.24. The van der Waals surface area contributed by atoms with E-state index in [1.165, 1.54) is 32.4 Å². The predicted octanol–water partition coefficient (Wildman–Crippen LogP) is 3.52. The first-order valence-electron chi connectivity index (χ1n) is 7.98. The van der Waals surface area contributed by atoms with Crippen molar-refractivity contribution in [1.29, 1.82) is 0 Å². The molecule has 108 valence electrons. The van der Waals surface area contributed by atoms with Crippen molar-refractivity contribution in [3.63, 3.8) is 0 Å². The molecule has 0 saturated carbocycles. The number of hydrogen-bond donors (Lipinski definition) is 1. The molecule has 2 unspecified atom stereocenters. The smallest absolute Gasteiger partial charge is 0.0247 e. The summed E-state index contributed by atoms with van der Waals surface area (Å²) < 4.78 is 0. The molecular weight excluding hydrogens is 220 g/mol. The molecule has 1 aliphatic rings. The molecule has 1 rings (SSSR count). The van der Waals surface area contributed by atoms with Gasteiger partial charge in [-0.3, -0.25) is 4.90 Å². The van der Waals surface area contributed by atoms with Crippen LogP contribution in [-0.2, 0) is 0 Å². The van der Waals surface area contributed by atoms with Gasteiger partial charge in [-0.15, -0.1) is 0 Å². The van der Waals surface area contributed by atoms with Crippen molar-refractivity contribution < 1.29 is 0 Å². The van der Waals surface area contributed by atoms with E-state index in [4.69, 9.17) is 0 Å². The minimum Gasteiger partial charge on any atom is -0.311 e. The summed E-state index contributed by atoms with van der Waals surface area (Å²) in [4.78, 5) is 2.80. The Bertz CT molecular complexity index is 221. The van der Waals surface area contributed by atoms with Crippen molar-refractivity contribution >= 4 is 0 Å². The fourth-order valence-corrected chi connectivity index (χ4v) is 3.38. The van der Waals surface area contributed by atoms with Gasteiger partial charge in [0.15, 0.2) is 0 Å². The average Bonchev–Trinajstić information content (AvgIpc) is 2.29. The lowest BCUT2D eigenvalue weighted by Gasteiger charge is -2.46. The van der Waals surface area contributed by atoms with Gasteiger partial charge in [-0.2, -0.15) is 0 Å². The lowest BCUT2D eigenvalue weighted by atomic mass is 9.92. The molecule has 0 spiro atoms. The molecule has 1 fully saturated rings. The van der Waals surface area contributed by atoms with E-state index in [0.717, 1.165) is 23.9 Å². The van der Waals surface area contributed by atoms with Crippen LogP contribution in [0.2, 0.25) is 0 Å². The molecule has 1 aliphatic heterocycles. The Labute approximate surface area is 115 Å². The van der Waals surface area contributed by atoms with Crippen LogP contribution in [0, 0.1) is 11.8 Å². The third-order valence-corrected chi connectivity index (χ3v) is 4.41. The molecule has 0 bridgehead atoms. The Morgan fingerprint density at radius 1 is 1.11 bits per heavy atom. The highest BCUT2D eigenvalue weighted by molar-refractivity contribution is 4.91. The number of piperazine rings is 1. The average molecular weight is 254 g/mol. The number of hydrogen-bond acceptors (Lipinski definition) is 2. The summed E-state index contributed by atoms with van der Waals surface area (Å²) in [6.07, 6.45) is 3.88. The van der Waals surface area contributed by atoms with Crippen molar-refractivity contribution in [2.75, 3.05) is 13.1 Å². The minimum absolute atomic E-state index is 0.695. The number of nitrogens with zero attached hydrogens (tertiary/aromatic N) is 1. The first-order chi connectivity index (χ1) is 8.49. The normalized spacial score (nSPS) is 26.5. The third-order valence-electron chi connectivity index (χ3n) is 4.41. The minimum atomic E-state index is 0.695. The Kier molecular flexibility index (Phi) is 6.65. The molecule has 2 atom stereocenters. The van der Waals surface area contributed by atoms with Crippen LogP contribution in [-0.4, -0.2) is 36.1 Å². The second-order valence-electron chi connectivity index (χ2n) is 6.71. The van der Waals surface area contributed by atoms with Crippen LogP contribution in [0.5, 0.6) is 0 Å².